The monoisotopic (exact) mass is 290 g/mol. The first-order valence-electron chi connectivity index (χ1n) is 6.49. The van der Waals surface area contributed by atoms with Gasteiger partial charge in [0.05, 0.1) is 11.4 Å². The van der Waals surface area contributed by atoms with Crippen molar-refractivity contribution in [1.29, 1.82) is 0 Å². The number of nitrogens with zero attached hydrogens (tertiary/aromatic N) is 3. The van der Waals surface area contributed by atoms with Gasteiger partial charge in [-0.1, -0.05) is 0 Å². The number of hydrogen-bond acceptors (Lipinski definition) is 4. The van der Waals surface area contributed by atoms with Gasteiger partial charge in [0.25, 0.3) is 0 Å². The maximum absolute atomic E-state index is 12.2. The number of hydrogen-bond donors (Lipinski definition) is 1. The standard InChI is InChI=1S/C14H18N4OS/c1-10(2)18-13(6-9-16-18)17-14(19)11(3)20-12-4-7-15-8-5-12/h4-11H,1-3H3,(H,17,19)/t11-/m0/s1. The summed E-state index contributed by atoms with van der Waals surface area (Å²) in [6.45, 7) is 5.94. The molecule has 0 aliphatic heterocycles. The molecule has 2 rings (SSSR count). The average Bonchev–Trinajstić information content (AvgIpc) is 2.88. The van der Waals surface area contributed by atoms with Crippen LogP contribution in [0.15, 0.2) is 41.7 Å². The van der Waals surface area contributed by atoms with E-state index in [1.165, 1.54) is 11.8 Å². The molecular formula is C14H18N4OS. The van der Waals surface area contributed by atoms with Crippen molar-refractivity contribution in [2.24, 2.45) is 0 Å². The fourth-order valence-electron chi connectivity index (χ4n) is 1.73. The Morgan fingerprint density at radius 3 is 2.55 bits per heavy atom. The molecule has 2 heterocycles. The highest BCUT2D eigenvalue weighted by atomic mass is 32.2. The Morgan fingerprint density at radius 1 is 1.20 bits per heavy atom. The molecule has 0 aliphatic carbocycles. The third kappa shape index (κ3) is 3.60. The van der Waals surface area contributed by atoms with Crippen LogP contribution in [0.5, 0.6) is 0 Å². The number of thioether (sulfide) groups is 1. The van der Waals surface area contributed by atoms with Crippen LogP contribution in [0.3, 0.4) is 0 Å². The molecule has 0 spiro atoms. The van der Waals surface area contributed by atoms with Gasteiger partial charge in [0.1, 0.15) is 5.82 Å². The summed E-state index contributed by atoms with van der Waals surface area (Å²) >= 11 is 1.51. The fraction of sp³-hybridized carbons (Fsp3) is 0.357. The molecule has 5 nitrogen and oxygen atoms in total. The van der Waals surface area contributed by atoms with Gasteiger partial charge in [-0.05, 0) is 32.9 Å². The SMILES string of the molecule is CC(C)n1nccc1NC(=O)[C@H](C)Sc1ccncc1. The van der Waals surface area contributed by atoms with Crippen LogP contribution in [0.1, 0.15) is 26.8 Å². The molecule has 1 amide bonds. The van der Waals surface area contributed by atoms with Crippen LogP contribution in [0.25, 0.3) is 0 Å². The number of amides is 1. The molecule has 1 N–H and O–H groups in total. The Bertz CT molecular complexity index is 568. The topological polar surface area (TPSA) is 59.8 Å². The maximum atomic E-state index is 12.2. The van der Waals surface area contributed by atoms with Crippen molar-refractivity contribution < 1.29 is 4.79 Å². The van der Waals surface area contributed by atoms with Gasteiger partial charge in [-0.3, -0.25) is 9.78 Å². The largest absolute Gasteiger partial charge is 0.310 e. The molecule has 0 fully saturated rings. The molecule has 2 aromatic heterocycles. The first kappa shape index (κ1) is 14.6. The van der Waals surface area contributed by atoms with E-state index >= 15 is 0 Å². The van der Waals surface area contributed by atoms with Crippen molar-refractivity contribution in [2.75, 3.05) is 5.32 Å². The lowest BCUT2D eigenvalue weighted by molar-refractivity contribution is -0.115. The van der Waals surface area contributed by atoms with Crippen LogP contribution >= 0.6 is 11.8 Å². The molecule has 2 aromatic rings. The molecule has 6 heteroatoms. The van der Waals surface area contributed by atoms with E-state index in [2.05, 4.69) is 15.4 Å². The number of pyridine rings is 1. The van der Waals surface area contributed by atoms with Crippen molar-refractivity contribution in [1.82, 2.24) is 14.8 Å². The second kappa shape index (κ2) is 6.56. The molecule has 0 bridgehead atoms. The predicted molar refractivity (Wildman–Crippen MR) is 80.8 cm³/mol. The number of aromatic nitrogens is 3. The minimum absolute atomic E-state index is 0.0331. The summed E-state index contributed by atoms with van der Waals surface area (Å²) in [5.41, 5.74) is 0. The van der Waals surface area contributed by atoms with Crippen LogP contribution in [-0.2, 0) is 4.79 Å². The van der Waals surface area contributed by atoms with Gasteiger partial charge in [-0.15, -0.1) is 11.8 Å². The van der Waals surface area contributed by atoms with Crippen molar-refractivity contribution in [3.63, 3.8) is 0 Å². The molecule has 0 saturated carbocycles. The Labute approximate surface area is 122 Å². The second-order valence-corrected chi connectivity index (χ2v) is 6.10. The lowest BCUT2D eigenvalue weighted by atomic mass is 10.4. The van der Waals surface area contributed by atoms with E-state index in [1.807, 2.05) is 39.0 Å². The Hall–Kier alpha value is -1.82. The van der Waals surface area contributed by atoms with E-state index in [0.717, 1.165) is 10.7 Å². The van der Waals surface area contributed by atoms with E-state index in [4.69, 9.17) is 0 Å². The second-order valence-electron chi connectivity index (χ2n) is 4.69. The van der Waals surface area contributed by atoms with Gasteiger partial charge in [0.2, 0.25) is 5.91 Å². The van der Waals surface area contributed by atoms with Gasteiger partial charge in [0.15, 0.2) is 0 Å². The maximum Gasteiger partial charge on any atom is 0.238 e. The molecule has 0 aliphatic rings. The van der Waals surface area contributed by atoms with Crippen LogP contribution < -0.4 is 5.32 Å². The first-order chi connectivity index (χ1) is 9.58. The highest BCUT2D eigenvalue weighted by Crippen LogP contribution is 2.23. The van der Waals surface area contributed by atoms with Crippen molar-refractivity contribution in [3.8, 4) is 0 Å². The Kier molecular flexibility index (Phi) is 4.79. The van der Waals surface area contributed by atoms with E-state index in [-0.39, 0.29) is 17.2 Å². The molecule has 0 unspecified atom stereocenters. The lowest BCUT2D eigenvalue weighted by Gasteiger charge is -2.14. The number of anilines is 1. The van der Waals surface area contributed by atoms with Crippen LogP contribution in [0, 0.1) is 0 Å². The zero-order valence-electron chi connectivity index (χ0n) is 11.8. The first-order valence-corrected chi connectivity index (χ1v) is 7.37. The van der Waals surface area contributed by atoms with Gasteiger partial charge in [0, 0.05) is 29.4 Å². The fourth-order valence-corrected chi connectivity index (χ4v) is 2.58. The van der Waals surface area contributed by atoms with Crippen LogP contribution in [0.4, 0.5) is 5.82 Å². The molecular weight excluding hydrogens is 272 g/mol. The highest BCUT2D eigenvalue weighted by molar-refractivity contribution is 8.00. The van der Waals surface area contributed by atoms with E-state index in [1.54, 1.807) is 23.3 Å². The summed E-state index contributed by atoms with van der Waals surface area (Å²) in [5, 5.41) is 6.93. The van der Waals surface area contributed by atoms with Gasteiger partial charge in [-0.25, -0.2) is 4.68 Å². The number of rotatable bonds is 5. The third-order valence-electron chi connectivity index (χ3n) is 2.74. The van der Waals surface area contributed by atoms with Crippen molar-refractivity contribution in [2.45, 2.75) is 37.0 Å². The summed E-state index contributed by atoms with van der Waals surface area (Å²) in [6.07, 6.45) is 5.14. The Morgan fingerprint density at radius 2 is 1.90 bits per heavy atom. The average molecular weight is 290 g/mol. The number of nitrogens with one attached hydrogen (secondary N) is 1. The van der Waals surface area contributed by atoms with Gasteiger partial charge >= 0.3 is 0 Å². The quantitative estimate of drug-likeness (QED) is 0.860. The normalized spacial score (nSPS) is 12.4. The predicted octanol–water partition coefficient (Wildman–Crippen LogP) is 2.98. The third-order valence-corrected chi connectivity index (χ3v) is 3.85. The van der Waals surface area contributed by atoms with Gasteiger partial charge in [-0.2, -0.15) is 5.10 Å². The number of carbonyl (C=O) groups excluding carboxylic acids is 1. The lowest BCUT2D eigenvalue weighted by Crippen LogP contribution is -2.24. The van der Waals surface area contributed by atoms with Gasteiger partial charge < -0.3 is 5.32 Å². The minimum atomic E-state index is -0.187. The molecule has 20 heavy (non-hydrogen) atoms. The van der Waals surface area contributed by atoms with Crippen LogP contribution in [0.2, 0.25) is 0 Å². The zero-order chi connectivity index (χ0) is 14.5. The van der Waals surface area contributed by atoms with Crippen molar-refractivity contribution >= 4 is 23.5 Å². The summed E-state index contributed by atoms with van der Waals surface area (Å²) in [7, 11) is 0. The highest BCUT2D eigenvalue weighted by Gasteiger charge is 2.16. The zero-order valence-corrected chi connectivity index (χ0v) is 12.6. The molecule has 0 aromatic carbocycles. The minimum Gasteiger partial charge on any atom is -0.310 e. The Balaban J connectivity index is 1.99. The van der Waals surface area contributed by atoms with E-state index < -0.39 is 0 Å². The molecule has 0 radical (unpaired) electrons. The molecule has 0 saturated heterocycles. The van der Waals surface area contributed by atoms with Crippen molar-refractivity contribution in [3.05, 3.63) is 36.8 Å². The summed E-state index contributed by atoms with van der Waals surface area (Å²) in [4.78, 5) is 17.2. The van der Waals surface area contributed by atoms with Crippen LogP contribution in [-0.4, -0.2) is 25.9 Å². The van der Waals surface area contributed by atoms with E-state index in [9.17, 15) is 4.79 Å². The number of carbonyl (C=O) groups is 1. The smallest absolute Gasteiger partial charge is 0.238 e. The molecule has 1 atom stereocenters. The summed E-state index contributed by atoms with van der Waals surface area (Å²) < 4.78 is 1.79. The molecule has 106 valence electrons. The van der Waals surface area contributed by atoms with E-state index in [0.29, 0.717) is 0 Å². The summed E-state index contributed by atoms with van der Waals surface area (Å²) in [6, 6.07) is 5.81. The summed E-state index contributed by atoms with van der Waals surface area (Å²) in [5.74, 6) is 0.696.